The molecule has 3 N–H and O–H groups in total. The van der Waals surface area contributed by atoms with E-state index in [9.17, 15) is 0 Å². The van der Waals surface area contributed by atoms with Gasteiger partial charge in [0.25, 0.3) is 0 Å². The van der Waals surface area contributed by atoms with Crippen LogP contribution in [0, 0.1) is 0 Å². The van der Waals surface area contributed by atoms with Gasteiger partial charge in [0, 0.05) is 53.5 Å². The summed E-state index contributed by atoms with van der Waals surface area (Å²) in [6.45, 7) is 9.74. The van der Waals surface area contributed by atoms with Crippen molar-refractivity contribution < 1.29 is 5.11 Å². The Balaban J connectivity index is 1.54. The van der Waals surface area contributed by atoms with Crippen LogP contribution >= 0.6 is 22.6 Å². The van der Waals surface area contributed by atoms with Gasteiger partial charge in [-0.15, -0.1) is 0 Å². The van der Waals surface area contributed by atoms with E-state index in [2.05, 4.69) is 58.9 Å². The number of hydrogen-bond acceptors (Lipinski definition) is 5. The second-order valence-electron chi connectivity index (χ2n) is 7.91. The van der Waals surface area contributed by atoms with Crippen LogP contribution in [-0.4, -0.2) is 70.1 Å². The number of aliphatic imine (C=N–C) groups is 1. The molecule has 5 atom stereocenters. The van der Waals surface area contributed by atoms with Gasteiger partial charge in [-0.05, 0) is 45.6 Å². The van der Waals surface area contributed by atoms with E-state index in [1.807, 2.05) is 0 Å². The van der Waals surface area contributed by atoms with Gasteiger partial charge in [-0.3, -0.25) is 4.99 Å². The normalized spacial score (nSPS) is 40.8. The van der Waals surface area contributed by atoms with Crippen molar-refractivity contribution >= 4 is 28.3 Å². The molecule has 1 saturated heterocycles. The van der Waals surface area contributed by atoms with Gasteiger partial charge in [0.15, 0.2) is 0 Å². The van der Waals surface area contributed by atoms with Crippen molar-refractivity contribution in [3.05, 3.63) is 11.3 Å². The van der Waals surface area contributed by atoms with Crippen LogP contribution in [0.15, 0.2) is 16.3 Å². The van der Waals surface area contributed by atoms with E-state index in [0.717, 1.165) is 25.9 Å². The minimum atomic E-state index is 0.220. The lowest BCUT2D eigenvalue weighted by atomic mass is 9.90. The number of nitrogens with one attached hydrogen (secondary N) is 2. The molecule has 3 rings (SSSR count). The van der Waals surface area contributed by atoms with Crippen LogP contribution in [0.25, 0.3) is 0 Å². The number of aliphatic hydroxyl groups excluding tert-OH is 1. The number of aliphatic hydroxyl groups is 1. The van der Waals surface area contributed by atoms with E-state index in [1.165, 1.54) is 29.8 Å². The molecular formula is C19H33IN4O. The maximum Gasteiger partial charge on any atom is 0.0843 e. The van der Waals surface area contributed by atoms with Crippen LogP contribution in [-0.2, 0) is 0 Å². The SMILES string of the molecule is C/C1=N/C(CNC2CC[C@@H](I)C(NCCO)C2)C2CN2/C(C)=C(/C)C1. The van der Waals surface area contributed by atoms with Gasteiger partial charge in [0.05, 0.1) is 18.7 Å². The van der Waals surface area contributed by atoms with Crippen molar-refractivity contribution in [3.8, 4) is 0 Å². The van der Waals surface area contributed by atoms with Gasteiger partial charge >= 0.3 is 0 Å². The largest absolute Gasteiger partial charge is 0.395 e. The number of nitrogens with zero attached hydrogens (tertiary/aromatic N) is 2. The van der Waals surface area contributed by atoms with Crippen molar-refractivity contribution in [1.29, 1.82) is 0 Å². The first-order valence-electron chi connectivity index (χ1n) is 9.67. The third-order valence-corrected chi connectivity index (χ3v) is 7.44. The highest BCUT2D eigenvalue weighted by Gasteiger charge is 2.42. The average Bonchev–Trinajstić information content (AvgIpc) is 3.37. The molecule has 0 aromatic rings. The van der Waals surface area contributed by atoms with Crippen LogP contribution in [0.1, 0.15) is 46.5 Å². The molecule has 0 radical (unpaired) electrons. The number of halogens is 1. The molecule has 5 nitrogen and oxygen atoms in total. The summed E-state index contributed by atoms with van der Waals surface area (Å²) in [7, 11) is 0. The molecule has 2 aliphatic heterocycles. The second kappa shape index (κ2) is 8.67. The van der Waals surface area contributed by atoms with E-state index < -0.39 is 0 Å². The Kier molecular flexibility index (Phi) is 6.79. The molecule has 6 heteroatoms. The van der Waals surface area contributed by atoms with Crippen molar-refractivity contribution in [2.24, 2.45) is 4.99 Å². The number of fused-ring (bicyclic) bond motifs is 1. The van der Waals surface area contributed by atoms with Crippen LogP contribution in [0.4, 0.5) is 0 Å². The zero-order chi connectivity index (χ0) is 18.0. The Morgan fingerprint density at radius 3 is 2.80 bits per heavy atom. The molecule has 2 fully saturated rings. The molecule has 0 aromatic heterocycles. The van der Waals surface area contributed by atoms with Crippen molar-refractivity contribution in [2.45, 2.75) is 74.5 Å². The first-order chi connectivity index (χ1) is 12.0. The first kappa shape index (κ1) is 19.6. The number of allylic oxidation sites excluding steroid dienone is 2. The average molecular weight is 460 g/mol. The molecule has 0 spiro atoms. The van der Waals surface area contributed by atoms with E-state index >= 15 is 0 Å². The first-order valence-corrected chi connectivity index (χ1v) is 10.9. The highest BCUT2D eigenvalue weighted by molar-refractivity contribution is 14.1. The molecule has 142 valence electrons. The summed E-state index contributed by atoms with van der Waals surface area (Å²) >= 11 is 2.56. The third-order valence-electron chi connectivity index (χ3n) is 5.95. The highest BCUT2D eigenvalue weighted by Crippen LogP contribution is 2.33. The molecule has 3 aliphatic rings. The lowest BCUT2D eigenvalue weighted by Gasteiger charge is -2.35. The van der Waals surface area contributed by atoms with E-state index in [1.54, 1.807) is 0 Å². The van der Waals surface area contributed by atoms with Gasteiger partial charge in [0.2, 0.25) is 0 Å². The Bertz CT molecular complexity index is 536. The lowest BCUT2D eigenvalue weighted by molar-refractivity contribution is 0.261. The fraction of sp³-hybridized carbons (Fsp3) is 0.842. The number of rotatable bonds is 6. The molecule has 0 aromatic carbocycles. The predicted molar refractivity (Wildman–Crippen MR) is 113 cm³/mol. The minimum absolute atomic E-state index is 0.220. The molecule has 1 aliphatic carbocycles. The number of hydrogen-bond donors (Lipinski definition) is 3. The van der Waals surface area contributed by atoms with Crippen molar-refractivity contribution in [1.82, 2.24) is 15.5 Å². The summed E-state index contributed by atoms with van der Waals surface area (Å²) in [6, 6.07) is 2.03. The smallest absolute Gasteiger partial charge is 0.0843 e. The van der Waals surface area contributed by atoms with Crippen LogP contribution < -0.4 is 10.6 Å². The Morgan fingerprint density at radius 1 is 1.24 bits per heavy atom. The van der Waals surface area contributed by atoms with Gasteiger partial charge in [-0.25, -0.2) is 0 Å². The monoisotopic (exact) mass is 460 g/mol. The maximum absolute atomic E-state index is 9.07. The zero-order valence-electron chi connectivity index (χ0n) is 15.8. The van der Waals surface area contributed by atoms with Crippen LogP contribution in [0.5, 0.6) is 0 Å². The summed E-state index contributed by atoms with van der Waals surface area (Å²) in [5.74, 6) is 0. The highest BCUT2D eigenvalue weighted by atomic mass is 127. The third kappa shape index (κ3) is 4.96. The summed E-state index contributed by atoms with van der Waals surface area (Å²) in [5, 5.41) is 16.4. The van der Waals surface area contributed by atoms with E-state index in [0.29, 0.717) is 34.6 Å². The summed E-state index contributed by atoms with van der Waals surface area (Å²) in [6.07, 6.45) is 4.64. The van der Waals surface area contributed by atoms with Crippen molar-refractivity contribution in [3.63, 3.8) is 0 Å². The number of alkyl halides is 1. The lowest BCUT2D eigenvalue weighted by Crippen LogP contribution is -2.49. The van der Waals surface area contributed by atoms with E-state index in [4.69, 9.17) is 10.1 Å². The minimum Gasteiger partial charge on any atom is -0.395 e. The second-order valence-corrected chi connectivity index (χ2v) is 9.51. The topological polar surface area (TPSA) is 59.7 Å². The Labute approximate surface area is 165 Å². The Hall–Kier alpha value is -0.180. The molecule has 0 amide bonds. The zero-order valence-corrected chi connectivity index (χ0v) is 17.9. The van der Waals surface area contributed by atoms with Gasteiger partial charge in [-0.1, -0.05) is 22.6 Å². The van der Waals surface area contributed by atoms with Crippen LogP contribution in [0.3, 0.4) is 0 Å². The van der Waals surface area contributed by atoms with Gasteiger partial charge in [0.1, 0.15) is 0 Å². The van der Waals surface area contributed by atoms with Gasteiger partial charge in [-0.2, -0.15) is 0 Å². The Morgan fingerprint density at radius 2 is 2.04 bits per heavy atom. The fourth-order valence-corrected chi connectivity index (χ4v) is 5.20. The summed E-state index contributed by atoms with van der Waals surface area (Å²) < 4.78 is 0.665. The standard InChI is InChI=1S/C19H33IN4O/c1-12-8-13(2)23-18(19-11-24(19)14(12)3)10-22-15-4-5-16(20)17(9-15)21-6-7-25/h15-19,21-22,25H,4-11H2,1-3H3/b14-12-,23-13-/t15?,16-,17?,18?,19?,24?/m1/s1. The summed E-state index contributed by atoms with van der Waals surface area (Å²) in [4.78, 5) is 7.56. The van der Waals surface area contributed by atoms with E-state index in [-0.39, 0.29) is 6.61 Å². The molecular weight excluding hydrogens is 427 g/mol. The quantitative estimate of drug-likeness (QED) is 0.323. The molecule has 0 bridgehead atoms. The predicted octanol–water partition coefficient (Wildman–Crippen LogP) is 2.09. The van der Waals surface area contributed by atoms with Gasteiger partial charge < -0.3 is 20.6 Å². The fourth-order valence-electron chi connectivity index (χ4n) is 4.29. The van der Waals surface area contributed by atoms with Crippen molar-refractivity contribution in [2.75, 3.05) is 26.2 Å². The molecule has 2 heterocycles. The summed E-state index contributed by atoms with van der Waals surface area (Å²) in [5.41, 5.74) is 4.20. The molecule has 4 unspecified atom stereocenters. The van der Waals surface area contributed by atoms with Crippen LogP contribution in [0.2, 0.25) is 0 Å². The maximum atomic E-state index is 9.07. The molecule has 25 heavy (non-hydrogen) atoms. The molecule has 1 saturated carbocycles.